The number of nitrogens with one attached hydrogen (secondary N) is 1. The van der Waals surface area contributed by atoms with E-state index in [4.69, 9.17) is 22.1 Å². The normalized spacial score (nSPS) is 20.7. The highest BCUT2D eigenvalue weighted by molar-refractivity contribution is 6.31. The summed E-state index contributed by atoms with van der Waals surface area (Å²) >= 11 is 5.87. The summed E-state index contributed by atoms with van der Waals surface area (Å²) in [5.74, 6) is -0.174. The molecule has 0 spiro atoms. The average Bonchev–Trinajstić information content (AvgIpc) is 2.80. The summed E-state index contributed by atoms with van der Waals surface area (Å²) in [5, 5.41) is 3.38. The Morgan fingerprint density at radius 2 is 2.33 bits per heavy atom. The zero-order chi connectivity index (χ0) is 13.1. The van der Waals surface area contributed by atoms with Gasteiger partial charge in [-0.25, -0.2) is 0 Å². The number of nitrogens with two attached hydrogens (primary N) is 1. The van der Waals surface area contributed by atoms with Gasteiger partial charge < -0.3 is 15.8 Å². The van der Waals surface area contributed by atoms with Crippen LogP contribution in [0.25, 0.3) is 0 Å². The van der Waals surface area contributed by atoms with E-state index in [1.54, 1.807) is 18.2 Å². The lowest BCUT2D eigenvalue weighted by atomic mass is 10.1. The summed E-state index contributed by atoms with van der Waals surface area (Å²) < 4.78 is 5.53. The van der Waals surface area contributed by atoms with Gasteiger partial charge in [-0.3, -0.25) is 4.79 Å². The number of amides is 1. The fourth-order valence-electron chi connectivity index (χ4n) is 2.12. The average molecular weight is 269 g/mol. The highest BCUT2D eigenvalue weighted by atomic mass is 35.5. The fraction of sp³-hybridized carbons (Fsp3) is 0.462. The molecule has 0 aromatic heterocycles. The van der Waals surface area contributed by atoms with Gasteiger partial charge in [0, 0.05) is 22.9 Å². The van der Waals surface area contributed by atoms with E-state index < -0.39 is 0 Å². The first kappa shape index (κ1) is 13.2. The van der Waals surface area contributed by atoms with E-state index in [1.807, 2.05) is 6.92 Å². The number of carbonyl (C=O) groups is 1. The van der Waals surface area contributed by atoms with Gasteiger partial charge in [0.2, 0.25) is 0 Å². The second kappa shape index (κ2) is 5.59. The summed E-state index contributed by atoms with van der Waals surface area (Å²) in [7, 11) is 0. The van der Waals surface area contributed by atoms with Crippen molar-refractivity contribution in [2.75, 3.05) is 12.3 Å². The SMILES string of the molecule is CC(NC(=O)c1cc(N)cc(Cl)c1)C1CCCO1. The van der Waals surface area contributed by atoms with Crippen molar-refractivity contribution in [2.45, 2.75) is 31.9 Å². The van der Waals surface area contributed by atoms with Gasteiger partial charge in [-0.2, -0.15) is 0 Å². The standard InChI is InChI=1S/C13H17ClN2O2/c1-8(12-3-2-4-18-12)16-13(17)9-5-10(14)7-11(15)6-9/h5-8,12H,2-4,15H2,1H3,(H,16,17). The quantitative estimate of drug-likeness (QED) is 0.826. The molecule has 98 valence electrons. The van der Waals surface area contributed by atoms with Crippen molar-refractivity contribution in [3.63, 3.8) is 0 Å². The van der Waals surface area contributed by atoms with Crippen LogP contribution in [-0.2, 0) is 4.74 Å². The Morgan fingerprint density at radius 1 is 1.56 bits per heavy atom. The molecule has 1 aliphatic rings. The molecule has 0 saturated carbocycles. The maximum absolute atomic E-state index is 12.0. The number of hydrogen-bond acceptors (Lipinski definition) is 3. The Labute approximate surface area is 111 Å². The maximum Gasteiger partial charge on any atom is 0.251 e. The van der Waals surface area contributed by atoms with Gasteiger partial charge in [0.25, 0.3) is 5.91 Å². The first-order chi connectivity index (χ1) is 8.56. The third-order valence-electron chi connectivity index (χ3n) is 3.06. The predicted molar refractivity (Wildman–Crippen MR) is 71.8 cm³/mol. The molecule has 1 saturated heterocycles. The number of anilines is 1. The van der Waals surface area contributed by atoms with Crippen LogP contribution in [0.3, 0.4) is 0 Å². The fourth-order valence-corrected chi connectivity index (χ4v) is 2.37. The first-order valence-electron chi connectivity index (χ1n) is 6.05. The molecule has 2 atom stereocenters. The number of carbonyl (C=O) groups excluding carboxylic acids is 1. The van der Waals surface area contributed by atoms with Crippen LogP contribution >= 0.6 is 11.6 Å². The van der Waals surface area contributed by atoms with Crippen LogP contribution in [0.4, 0.5) is 5.69 Å². The summed E-state index contributed by atoms with van der Waals surface area (Å²) in [5.41, 5.74) is 6.62. The lowest BCUT2D eigenvalue weighted by molar-refractivity contribution is 0.0712. The van der Waals surface area contributed by atoms with Crippen LogP contribution in [0.5, 0.6) is 0 Å². The Hall–Kier alpha value is -1.26. The molecule has 4 nitrogen and oxygen atoms in total. The van der Waals surface area contributed by atoms with Crippen molar-refractivity contribution < 1.29 is 9.53 Å². The van der Waals surface area contributed by atoms with E-state index in [2.05, 4.69) is 5.32 Å². The number of benzene rings is 1. The molecule has 1 aliphatic heterocycles. The number of rotatable bonds is 3. The second-order valence-electron chi connectivity index (χ2n) is 4.59. The summed E-state index contributed by atoms with van der Waals surface area (Å²) in [6.07, 6.45) is 2.14. The van der Waals surface area contributed by atoms with Crippen molar-refractivity contribution in [3.8, 4) is 0 Å². The minimum Gasteiger partial charge on any atom is -0.399 e. The molecule has 18 heavy (non-hydrogen) atoms. The Kier molecular flexibility index (Phi) is 4.09. The number of nitrogen functional groups attached to an aromatic ring is 1. The van der Waals surface area contributed by atoms with E-state index in [9.17, 15) is 4.79 Å². The molecule has 1 heterocycles. The molecule has 0 bridgehead atoms. The molecular weight excluding hydrogens is 252 g/mol. The van der Waals surface area contributed by atoms with Gasteiger partial charge in [-0.1, -0.05) is 11.6 Å². The zero-order valence-corrected chi connectivity index (χ0v) is 11.0. The van der Waals surface area contributed by atoms with E-state index in [0.29, 0.717) is 16.3 Å². The van der Waals surface area contributed by atoms with Crippen molar-refractivity contribution in [2.24, 2.45) is 0 Å². The van der Waals surface area contributed by atoms with Gasteiger partial charge in [0.15, 0.2) is 0 Å². The van der Waals surface area contributed by atoms with E-state index >= 15 is 0 Å². The zero-order valence-electron chi connectivity index (χ0n) is 10.3. The maximum atomic E-state index is 12.0. The summed E-state index contributed by atoms with van der Waals surface area (Å²) in [6, 6.07) is 4.82. The van der Waals surface area contributed by atoms with Crippen LogP contribution in [0.1, 0.15) is 30.1 Å². The number of halogens is 1. The Bertz CT molecular complexity index is 424. The number of hydrogen-bond donors (Lipinski definition) is 2. The van der Waals surface area contributed by atoms with Crippen LogP contribution in [-0.4, -0.2) is 24.7 Å². The third-order valence-corrected chi connectivity index (χ3v) is 3.28. The smallest absolute Gasteiger partial charge is 0.251 e. The number of ether oxygens (including phenoxy) is 1. The van der Waals surface area contributed by atoms with E-state index in [-0.39, 0.29) is 18.1 Å². The minimum absolute atomic E-state index is 0.0137. The molecule has 2 rings (SSSR count). The summed E-state index contributed by atoms with van der Waals surface area (Å²) in [4.78, 5) is 12.0. The molecule has 1 amide bonds. The van der Waals surface area contributed by atoms with Gasteiger partial charge in [0.1, 0.15) is 0 Å². The van der Waals surface area contributed by atoms with Crippen LogP contribution in [0, 0.1) is 0 Å². The predicted octanol–water partition coefficient (Wildman–Crippen LogP) is 2.22. The molecule has 0 aliphatic carbocycles. The van der Waals surface area contributed by atoms with Crippen LogP contribution < -0.4 is 11.1 Å². The molecule has 1 aromatic rings. The highest BCUT2D eigenvalue weighted by Crippen LogP contribution is 2.18. The molecule has 3 N–H and O–H groups in total. The molecule has 0 radical (unpaired) electrons. The largest absolute Gasteiger partial charge is 0.399 e. The topological polar surface area (TPSA) is 64.4 Å². The molecule has 1 fully saturated rings. The highest BCUT2D eigenvalue weighted by Gasteiger charge is 2.24. The van der Waals surface area contributed by atoms with Crippen molar-refractivity contribution in [3.05, 3.63) is 28.8 Å². The van der Waals surface area contributed by atoms with Gasteiger partial charge in [-0.05, 0) is 38.0 Å². The van der Waals surface area contributed by atoms with Crippen molar-refractivity contribution in [1.82, 2.24) is 5.32 Å². The minimum atomic E-state index is -0.174. The van der Waals surface area contributed by atoms with Gasteiger partial charge >= 0.3 is 0 Å². The lowest BCUT2D eigenvalue weighted by Gasteiger charge is -2.20. The van der Waals surface area contributed by atoms with Crippen molar-refractivity contribution >= 4 is 23.2 Å². The Morgan fingerprint density at radius 3 is 2.94 bits per heavy atom. The van der Waals surface area contributed by atoms with Crippen LogP contribution in [0.15, 0.2) is 18.2 Å². The Balaban J connectivity index is 2.02. The molecular formula is C13H17ClN2O2. The molecule has 2 unspecified atom stereocenters. The van der Waals surface area contributed by atoms with Crippen LogP contribution in [0.2, 0.25) is 5.02 Å². The molecule has 5 heteroatoms. The summed E-state index contributed by atoms with van der Waals surface area (Å²) in [6.45, 7) is 2.72. The lowest BCUT2D eigenvalue weighted by Crippen LogP contribution is -2.40. The third kappa shape index (κ3) is 3.15. The van der Waals surface area contributed by atoms with E-state index in [0.717, 1.165) is 19.4 Å². The first-order valence-corrected chi connectivity index (χ1v) is 6.42. The van der Waals surface area contributed by atoms with Crippen molar-refractivity contribution in [1.29, 1.82) is 0 Å². The monoisotopic (exact) mass is 268 g/mol. The molecule has 1 aromatic carbocycles. The van der Waals surface area contributed by atoms with Gasteiger partial charge in [0.05, 0.1) is 12.1 Å². The van der Waals surface area contributed by atoms with E-state index in [1.165, 1.54) is 0 Å². The second-order valence-corrected chi connectivity index (χ2v) is 5.02. The van der Waals surface area contributed by atoms with Gasteiger partial charge in [-0.15, -0.1) is 0 Å².